The van der Waals surface area contributed by atoms with Gasteiger partial charge in [-0.2, -0.15) is 8.78 Å². The van der Waals surface area contributed by atoms with Gasteiger partial charge in [-0.15, -0.1) is 0 Å². The molecule has 18 heavy (non-hydrogen) atoms. The summed E-state index contributed by atoms with van der Waals surface area (Å²) in [5.74, 6) is -4.52. The van der Waals surface area contributed by atoms with Crippen molar-refractivity contribution in [2.24, 2.45) is 0 Å². The van der Waals surface area contributed by atoms with Gasteiger partial charge in [-0.1, -0.05) is 18.2 Å². The maximum absolute atomic E-state index is 13.6. The average molecular weight is 249 g/mol. The Morgan fingerprint density at radius 1 is 1.11 bits per heavy atom. The molecule has 5 heteroatoms. The van der Waals surface area contributed by atoms with Crippen molar-refractivity contribution in [2.45, 2.75) is 12.0 Å². The van der Waals surface area contributed by atoms with E-state index in [0.29, 0.717) is 5.69 Å². The molecule has 2 heterocycles. The van der Waals surface area contributed by atoms with Crippen LogP contribution in [0.5, 0.6) is 0 Å². The van der Waals surface area contributed by atoms with Gasteiger partial charge in [-0.05, 0) is 24.3 Å². The van der Waals surface area contributed by atoms with Crippen LogP contribution in [0, 0.1) is 0 Å². The van der Waals surface area contributed by atoms with Crippen LogP contribution in [0.2, 0.25) is 0 Å². The van der Waals surface area contributed by atoms with Gasteiger partial charge in [0.25, 0.3) is 0 Å². The van der Waals surface area contributed by atoms with Gasteiger partial charge in [0.15, 0.2) is 6.04 Å². The lowest BCUT2D eigenvalue weighted by molar-refractivity contribution is -0.164. The summed E-state index contributed by atoms with van der Waals surface area (Å²) in [4.78, 5) is 12.6. The maximum atomic E-state index is 13.6. The van der Waals surface area contributed by atoms with Crippen LogP contribution in [0.25, 0.3) is 0 Å². The summed E-state index contributed by atoms with van der Waals surface area (Å²) >= 11 is 0. The number of carbonyl (C=O) groups is 1. The Bertz CT molecular complexity index is 566. The van der Waals surface area contributed by atoms with Gasteiger partial charge in [-0.25, -0.2) is 0 Å². The highest BCUT2D eigenvalue weighted by molar-refractivity contribution is 6.06. The number of alkyl halides is 2. The molecule has 0 bridgehead atoms. The zero-order valence-electron chi connectivity index (χ0n) is 9.22. The monoisotopic (exact) mass is 249 g/mol. The normalized spacial score (nSPS) is 21.8. The van der Waals surface area contributed by atoms with E-state index < -0.39 is 17.9 Å². The van der Waals surface area contributed by atoms with Crippen LogP contribution in [0.3, 0.4) is 0 Å². The molecule has 1 aromatic carbocycles. The van der Waals surface area contributed by atoms with E-state index in [0.717, 1.165) is 4.90 Å². The summed E-state index contributed by atoms with van der Waals surface area (Å²) in [6, 6.07) is 9.98. The fourth-order valence-electron chi connectivity index (χ4n) is 2.10. The van der Waals surface area contributed by atoms with Gasteiger partial charge in [0.2, 0.25) is 0 Å². The molecule has 0 unspecified atom stereocenters. The van der Waals surface area contributed by atoms with Gasteiger partial charge in [0.05, 0.1) is 6.26 Å². The number of anilines is 1. The van der Waals surface area contributed by atoms with Gasteiger partial charge in [0, 0.05) is 5.69 Å². The molecule has 1 fully saturated rings. The van der Waals surface area contributed by atoms with Crippen molar-refractivity contribution in [3.05, 3.63) is 54.5 Å². The van der Waals surface area contributed by atoms with E-state index in [1.165, 1.54) is 18.4 Å². The Morgan fingerprint density at radius 2 is 1.83 bits per heavy atom. The van der Waals surface area contributed by atoms with Crippen LogP contribution in [0.4, 0.5) is 14.5 Å². The number of hydrogen-bond donors (Lipinski definition) is 0. The number of nitrogens with zero attached hydrogens (tertiary/aromatic N) is 1. The number of rotatable bonds is 2. The van der Waals surface area contributed by atoms with Crippen LogP contribution in [0.15, 0.2) is 53.1 Å². The van der Waals surface area contributed by atoms with E-state index in [4.69, 9.17) is 4.42 Å². The zero-order valence-corrected chi connectivity index (χ0v) is 9.22. The third-order valence-corrected chi connectivity index (χ3v) is 2.95. The molecule has 1 atom stereocenters. The summed E-state index contributed by atoms with van der Waals surface area (Å²) in [5.41, 5.74) is 0.440. The fraction of sp³-hybridized carbons (Fsp3) is 0.154. The van der Waals surface area contributed by atoms with E-state index in [9.17, 15) is 13.6 Å². The Hall–Kier alpha value is -2.17. The topological polar surface area (TPSA) is 33.5 Å². The molecule has 92 valence electrons. The standard InChI is InChI=1S/C13H9F2NO2/c14-13(15)11(10-7-4-8-18-10)16(12(13)17)9-5-2-1-3-6-9/h1-8,11H/t11-/m0/s1. The molecule has 0 aliphatic carbocycles. The Balaban J connectivity index is 2.02. The first kappa shape index (κ1) is 11.0. The second-order valence-corrected chi connectivity index (χ2v) is 4.05. The first-order valence-corrected chi connectivity index (χ1v) is 5.42. The molecular formula is C13H9F2NO2. The third kappa shape index (κ3) is 1.37. The van der Waals surface area contributed by atoms with Crippen molar-refractivity contribution in [1.29, 1.82) is 0 Å². The molecule has 1 aromatic heterocycles. The lowest BCUT2D eigenvalue weighted by atomic mass is 9.93. The van der Waals surface area contributed by atoms with Crippen LogP contribution in [0.1, 0.15) is 11.8 Å². The van der Waals surface area contributed by atoms with Crippen molar-refractivity contribution in [2.75, 3.05) is 4.90 Å². The Morgan fingerprint density at radius 3 is 2.44 bits per heavy atom. The molecule has 0 radical (unpaired) electrons. The van der Waals surface area contributed by atoms with Gasteiger partial charge < -0.3 is 4.42 Å². The van der Waals surface area contributed by atoms with Gasteiger partial charge >= 0.3 is 11.8 Å². The van der Waals surface area contributed by atoms with E-state index in [1.807, 2.05) is 0 Å². The Kier molecular flexibility index (Phi) is 2.23. The molecule has 1 aliphatic rings. The lowest BCUT2D eigenvalue weighted by Gasteiger charge is -2.45. The van der Waals surface area contributed by atoms with Crippen molar-refractivity contribution < 1.29 is 18.0 Å². The van der Waals surface area contributed by atoms with Crippen molar-refractivity contribution in [1.82, 2.24) is 0 Å². The summed E-state index contributed by atoms with van der Waals surface area (Å²) in [6.45, 7) is 0. The number of hydrogen-bond acceptors (Lipinski definition) is 2. The fourth-order valence-corrected chi connectivity index (χ4v) is 2.10. The quantitative estimate of drug-likeness (QED) is 0.766. The van der Waals surface area contributed by atoms with E-state index >= 15 is 0 Å². The zero-order chi connectivity index (χ0) is 12.8. The van der Waals surface area contributed by atoms with Crippen LogP contribution < -0.4 is 4.90 Å². The minimum Gasteiger partial charge on any atom is -0.467 e. The van der Waals surface area contributed by atoms with Gasteiger partial charge in [0.1, 0.15) is 5.76 Å². The van der Waals surface area contributed by atoms with Crippen LogP contribution in [-0.4, -0.2) is 11.8 Å². The highest BCUT2D eigenvalue weighted by Crippen LogP contribution is 2.49. The largest absolute Gasteiger partial charge is 0.467 e. The molecule has 2 aromatic rings. The minimum atomic E-state index is -3.41. The number of para-hydroxylation sites is 1. The summed E-state index contributed by atoms with van der Waals surface area (Å²) in [5, 5.41) is 0. The molecule has 1 aliphatic heterocycles. The number of β-lactam (4-membered cyclic amide) rings is 1. The van der Waals surface area contributed by atoms with Crippen LogP contribution >= 0.6 is 0 Å². The van der Waals surface area contributed by atoms with Crippen molar-refractivity contribution in [3.8, 4) is 0 Å². The number of furan rings is 1. The van der Waals surface area contributed by atoms with E-state index in [2.05, 4.69) is 0 Å². The average Bonchev–Trinajstić information content (AvgIpc) is 2.89. The highest BCUT2D eigenvalue weighted by atomic mass is 19.3. The molecule has 3 rings (SSSR count). The lowest BCUT2D eigenvalue weighted by Crippen LogP contribution is -2.64. The first-order valence-electron chi connectivity index (χ1n) is 5.42. The minimum absolute atomic E-state index is 0.0865. The van der Waals surface area contributed by atoms with Crippen molar-refractivity contribution in [3.63, 3.8) is 0 Å². The maximum Gasteiger partial charge on any atom is 0.352 e. The van der Waals surface area contributed by atoms with Crippen molar-refractivity contribution >= 4 is 11.6 Å². The predicted octanol–water partition coefficient (Wildman–Crippen LogP) is 3.00. The smallest absolute Gasteiger partial charge is 0.352 e. The number of halogens is 2. The molecule has 1 amide bonds. The third-order valence-electron chi connectivity index (χ3n) is 2.95. The van der Waals surface area contributed by atoms with E-state index in [-0.39, 0.29) is 5.76 Å². The SMILES string of the molecule is O=C1N(c2ccccc2)[C@@H](c2ccco2)C1(F)F. The number of benzene rings is 1. The van der Waals surface area contributed by atoms with E-state index in [1.54, 1.807) is 30.3 Å². The molecule has 0 spiro atoms. The summed E-state index contributed by atoms with van der Waals surface area (Å²) in [6.07, 6.45) is 1.32. The second kappa shape index (κ2) is 3.66. The number of amides is 1. The second-order valence-electron chi connectivity index (χ2n) is 4.05. The molecular weight excluding hydrogens is 240 g/mol. The summed E-state index contributed by atoms with van der Waals surface area (Å²) in [7, 11) is 0. The van der Waals surface area contributed by atoms with Gasteiger partial charge in [-0.3, -0.25) is 9.69 Å². The molecule has 0 saturated carbocycles. The summed E-state index contributed by atoms with van der Waals surface area (Å²) < 4.78 is 32.3. The molecule has 1 saturated heterocycles. The first-order chi connectivity index (χ1) is 8.62. The highest BCUT2D eigenvalue weighted by Gasteiger charge is 2.65. The Labute approximate surface area is 102 Å². The predicted molar refractivity (Wildman–Crippen MR) is 60.3 cm³/mol. The van der Waals surface area contributed by atoms with Crippen LogP contribution in [-0.2, 0) is 4.79 Å². The molecule has 0 N–H and O–H groups in total. The molecule has 3 nitrogen and oxygen atoms in total. The number of carbonyl (C=O) groups excluding carboxylic acids is 1.